The highest BCUT2D eigenvalue weighted by atomic mass is 35.5. The van der Waals surface area contributed by atoms with Crippen molar-refractivity contribution in [1.82, 2.24) is 19.9 Å². The predicted octanol–water partition coefficient (Wildman–Crippen LogP) is 1.05. The Morgan fingerprint density at radius 1 is 1.33 bits per heavy atom. The van der Waals surface area contributed by atoms with Crippen molar-refractivity contribution in [3.8, 4) is 0 Å². The third kappa shape index (κ3) is 1.46. The fourth-order valence-electron chi connectivity index (χ4n) is 1.45. The van der Waals surface area contributed by atoms with Gasteiger partial charge in [-0.25, -0.2) is 15.0 Å². The largest absolute Gasteiger partial charge is 0.343 e. The fourth-order valence-corrected chi connectivity index (χ4v) is 1.62. The summed E-state index contributed by atoms with van der Waals surface area (Å²) in [5.74, 6) is 0.574. The van der Waals surface area contributed by atoms with E-state index in [4.69, 9.17) is 21.1 Å². The van der Waals surface area contributed by atoms with Gasteiger partial charge in [0, 0.05) is 0 Å². The fraction of sp³-hybridized carbons (Fsp3) is 0.375. The molecule has 1 saturated heterocycles. The van der Waals surface area contributed by atoms with Crippen molar-refractivity contribution in [2.75, 3.05) is 13.2 Å². The lowest BCUT2D eigenvalue weighted by Gasteiger charge is -2.03. The van der Waals surface area contributed by atoms with Crippen molar-refractivity contribution in [2.24, 2.45) is 0 Å². The summed E-state index contributed by atoms with van der Waals surface area (Å²) in [5.41, 5.74) is 1.12. The Balaban J connectivity index is 2.09. The lowest BCUT2D eigenvalue weighted by atomic mass is 10.6. The Morgan fingerprint density at radius 2 is 2.13 bits per heavy atom. The first-order valence-electron chi connectivity index (χ1n) is 4.44. The van der Waals surface area contributed by atoms with Gasteiger partial charge in [0.15, 0.2) is 16.6 Å². The van der Waals surface area contributed by atoms with E-state index in [0.717, 1.165) is 0 Å². The van der Waals surface area contributed by atoms with E-state index in [1.54, 1.807) is 0 Å². The number of H-pyrrole nitrogens is 1. The van der Waals surface area contributed by atoms with Crippen LogP contribution in [0.1, 0.15) is 12.1 Å². The number of nitrogens with one attached hydrogen (secondary N) is 1. The van der Waals surface area contributed by atoms with Crippen LogP contribution < -0.4 is 0 Å². The van der Waals surface area contributed by atoms with E-state index in [0.29, 0.717) is 35.4 Å². The Morgan fingerprint density at radius 3 is 2.87 bits per heavy atom. The summed E-state index contributed by atoms with van der Waals surface area (Å²) >= 11 is 5.87. The summed E-state index contributed by atoms with van der Waals surface area (Å²) in [6.07, 6.45) is 0.918. The molecule has 0 radical (unpaired) electrons. The molecule has 0 saturated carbocycles. The molecule has 2 aromatic rings. The number of hydrogen-bond acceptors (Lipinski definition) is 5. The SMILES string of the molecule is Clc1ncnc2nc(C3OCCO3)[nH]c12. The average molecular weight is 227 g/mol. The molecule has 1 N–H and O–H groups in total. The van der Waals surface area contributed by atoms with Gasteiger partial charge < -0.3 is 14.5 Å². The molecule has 78 valence electrons. The average Bonchev–Trinajstić information content (AvgIpc) is 2.86. The summed E-state index contributed by atoms with van der Waals surface area (Å²) in [5, 5.41) is 0.344. The number of nitrogens with zero attached hydrogens (tertiary/aromatic N) is 3. The zero-order valence-corrected chi connectivity index (χ0v) is 8.36. The summed E-state index contributed by atoms with van der Waals surface area (Å²) < 4.78 is 10.6. The van der Waals surface area contributed by atoms with Gasteiger partial charge in [-0.3, -0.25) is 0 Å². The lowest BCUT2D eigenvalue weighted by molar-refractivity contribution is -0.0499. The molecule has 2 aromatic heterocycles. The number of rotatable bonds is 1. The molecule has 0 aromatic carbocycles. The summed E-state index contributed by atoms with van der Waals surface area (Å²) in [6, 6.07) is 0. The molecule has 0 unspecified atom stereocenters. The number of ether oxygens (including phenoxy) is 2. The molecule has 3 rings (SSSR count). The van der Waals surface area contributed by atoms with Gasteiger partial charge >= 0.3 is 0 Å². The summed E-state index contributed by atoms with van der Waals surface area (Å²) in [6.45, 7) is 1.14. The Hall–Kier alpha value is -1.24. The molecule has 3 heterocycles. The van der Waals surface area contributed by atoms with E-state index >= 15 is 0 Å². The Bertz CT molecular complexity index is 494. The second kappa shape index (κ2) is 3.41. The first-order valence-corrected chi connectivity index (χ1v) is 4.82. The molecule has 15 heavy (non-hydrogen) atoms. The summed E-state index contributed by atoms with van der Waals surface area (Å²) in [7, 11) is 0. The van der Waals surface area contributed by atoms with Crippen LogP contribution in [-0.4, -0.2) is 33.1 Å². The third-order valence-corrected chi connectivity index (χ3v) is 2.39. The molecule has 7 heteroatoms. The maximum absolute atomic E-state index is 5.87. The molecular formula is C8H7ClN4O2. The maximum Gasteiger partial charge on any atom is 0.217 e. The number of halogens is 1. The van der Waals surface area contributed by atoms with Crippen LogP contribution in [0.15, 0.2) is 6.33 Å². The van der Waals surface area contributed by atoms with Crippen LogP contribution in [0.4, 0.5) is 0 Å². The van der Waals surface area contributed by atoms with Crippen molar-refractivity contribution in [3.05, 3.63) is 17.3 Å². The molecule has 0 aliphatic carbocycles. The monoisotopic (exact) mass is 226 g/mol. The van der Waals surface area contributed by atoms with Crippen molar-refractivity contribution in [1.29, 1.82) is 0 Å². The highest BCUT2D eigenvalue weighted by Gasteiger charge is 2.22. The molecule has 1 fully saturated rings. The zero-order chi connectivity index (χ0) is 10.3. The third-order valence-electron chi connectivity index (χ3n) is 2.11. The molecule has 0 amide bonds. The van der Waals surface area contributed by atoms with E-state index in [9.17, 15) is 0 Å². The van der Waals surface area contributed by atoms with Gasteiger partial charge in [0.25, 0.3) is 0 Å². The minimum Gasteiger partial charge on any atom is -0.343 e. The number of aromatic nitrogens is 4. The van der Waals surface area contributed by atoms with Gasteiger partial charge in [0.1, 0.15) is 11.8 Å². The number of hydrogen-bond donors (Lipinski definition) is 1. The minimum absolute atomic E-state index is 0.344. The Labute approximate surface area is 89.6 Å². The first-order chi connectivity index (χ1) is 7.34. The van der Waals surface area contributed by atoms with Gasteiger partial charge in [-0.05, 0) is 0 Å². The van der Waals surface area contributed by atoms with Crippen LogP contribution in [-0.2, 0) is 9.47 Å². The summed E-state index contributed by atoms with van der Waals surface area (Å²) in [4.78, 5) is 15.0. The van der Waals surface area contributed by atoms with Gasteiger partial charge in [0.2, 0.25) is 6.29 Å². The van der Waals surface area contributed by atoms with E-state index in [-0.39, 0.29) is 0 Å². The molecular weight excluding hydrogens is 220 g/mol. The maximum atomic E-state index is 5.87. The number of imidazole rings is 1. The second-order valence-corrected chi connectivity index (χ2v) is 3.42. The molecule has 1 aliphatic heterocycles. The zero-order valence-electron chi connectivity index (χ0n) is 7.61. The van der Waals surface area contributed by atoms with E-state index in [1.807, 2.05) is 0 Å². The predicted molar refractivity (Wildman–Crippen MR) is 51.3 cm³/mol. The first kappa shape index (κ1) is 9.02. The van der Waals surface area contributed by atoms with Crippen molar-refractivity contribution in [2.45, 2.75) is 6.29 Å². The molecule has 6 nitrogen and oxygen atoms in total. The quantitative estimate of drug-likeness (QED) is 0.736. The highest BCUT2D eigenvalue weighted by Crippen LogP contribution is 2.24. The van der Waals surface area contributed by atoms with Crippen molar-refractivity contribution in [3.63, 3.8) is 0 Å². The van der Waals surface area contributed by atoms with Crippen LogP contribution >= 0.6 is 11.6 Å². The van der Waals surface area contributed by atoms with E-state index < -0.39 is 6.29 Å². The molecule has 1 aliphatic rings. The topological polar surface area (TPSA) is 72.9 Å². The Kier molecular flexibility index (Phi) is 2.05. The van der Waals surface area contributed by atoms with E-state index in [1.165, 1.54) is 6.33 Å². The number of aromatic amines is 1. The highest BCUT2D eigenvalue weighted by molar-refractivity contribution is 6.33. The van der Waals surface area contributed by atoms with Gasteiger partial charge in [-0.1, -0.05) is 11.6 Å². The number of fused-ring (bicyclic) bond motifs is 1. The van der Waals surface area contributed by atoms with Crippen molar-refractivity contribution < 1.29 is 9.47 Å². The molecule has 0 atom stereocenters. The van der Waals surface area contributed by atoms with Crippen molar-refractivity contribution >= 4 is 22.8 Å². The molecule has 0 bridgehead atoms. The minimum atomic E-state index is -0.449. The van der Waals surface area contributed by atoms with Crippen LogP contribution in [0.2, 0.25) is 5.15 Å². The smallest absolute Gasteiger partial charge is 0.217 e. The van der Waals surface area contributed by atoms with Crippen LogP contribution in [0, 0.1) is 0 Å². The lowest BCUT2D eigenvalue weighted by Crippen LogP contribution is -1.99. The second-order valence-electron chi connectivity index (χ2n) is 3.06. The van der Waals surface area contributed by atoms with Crippen LogP contribution in [0.5, 0.6) is 0 Å². The van der Waals surface area contributed by atoms with Gasteiger partial charge in [0.05, 0.1) is 13.2 Å². The van der Waals surface area contributed by atoms with Crippen LogP contribution in [0.3, 0.4) is 0 Å². The van der Waals surface area contributed by atoms with Gasteiger partial charge in [-0.2, -0.15) is 0 Å². The van der Waals surface area contributed by atoms with Gasteiger partial charge in [-0.15, -0.1) is 0 Å². The normalized spacial score (nSPS) is 17.7. The standard InChI is InChI=1S/C8H7ClN4O2/c9-5-4-6(11-3-10-5)13-7(12-4)8-14-1-2-15-8/h3,8H,1-2H2,(H,10,11,12,13). The van der Waals surface area contributed by atoms with Crippen LogP contribution in [0.25, 0.3) is 11.2 Å². The molecule has 0 spiro atoms. The van der Waals surface area contributed by atoms with E-state index in [2.05, 4.69) is 19.9 Å².